The van der Waals surface area contributed by atoms with Gasteiger partial charge >= 0.3 is 51.4 Å². The Bertz CT molecular complexity index is 30.5. The molecule has 0 saturated heterocycles. The van der Waals surface area contributed by atoms with Crippen LogP contribution in [0.15, 0.2) is 0 Å². The van der Waals surface area contributed by atoms with E-state index >= 15 is 0 Å². The van der Waals surface area contributed by atoms with Crippen LogP contribution in [0.4, 0.5) is 0 Å². The monoisotopic (exact) mass is 144 g/mol. The van der Waals surface area contributed by atoms with Crippen molar-refractivity contribution < 1.29 is 66.3 Å². The minimum Gasteiger partial charge on any atom is -0.853 e. The summed E-state index contributed by atoms with van der Waals surface area (Å²) in [5.74, 6) is 0. The second kappa shape index (κ2) is 11.3. The Labute approximate surface area is 91.5 Å². The van der Waals surface area contributed by atoms with Gasteiger partial charge in [0.05, 0.1) is 13.2 Å². The van der Waals surface area contributed by atoms with Crippen molar-refractivity contribution in [2.24, 2.45) is 0 Å². The van der Waals surface area contributed by atoms with E-state index in [1.165, 1.54) is 0 Å². The molecule has 0 atom stereocenters. The standard InChI is InChI=1S/C4H9O3.K/c5-1-3-7-4-2-6;/h5H,1-4H2;/q-1;+1. The molecule has 0 aromatic carbocycles. The van der Waals surface area contributed by atoms with Gasteiger partial charge in [-0.3, -0.25) is 0 Å². The fraction of sp³-hybridized carbons (Fsp3) is 1.00. The Hall–Kier alpha value is 1.52. The second-order valence-corrected chi connectivity index (χ2v) is 1.04. The normalized spacial score (nSPS) is 8.25. The molecule has 0 fully saturated rings. The van der Waals surface area contributed by atoms with Gasteiger partial charge in [-0.05, 0) is 0 Å². The first-order valence-corrected chi connectivity index (χ1v) is 2.18. The molecule has 0 aliphatic carbocycles. The maximum Gasteiger partial charge on any atom is 1.00 e. The molecule has 0 bridgehead atoms. The predicted molar refractivity (Wildman–Crippen MR) is 22.8 cm³/mol. The fourth-order valence-corrected chi connectivity index (χ4v) is 0.226. The van der Waals surface area contributed by atoms with E-state index in [-0.39, 0.29) is 77.8 Å². The van der Waals surface area contributed by atoms with Crippen LogP contribution in [0.2, 0.25) is 0 Å². The third-order valence-electron chi connectivity index (χ3n) is 0.463. The molecule has 0 amide bonds. The van der Waals surface area contributed by atoms with Crippen LogP contribution in [0.5, 0.6) is 0 Å². The third kappa shape index (κ3) is 10.5. The predicted octanol–water partition coefficient (Wildman–Crippen LogP) is -4.64. The van der Waals surface area contributed by atoms with Crippen molar-refractivity contribution >= 4 is 0 Å². The SMILES string of the molecule is [K+].[O-]CCOCCO. The quantitative estimate of drug-likeness (QED) is 0.319. The zero-order chi connectivity index (χ0) is 5.54. The summed E-state index contributed by atoms with van der Waals surface area (Å²) >= 11 is 0. The van der Waals surface area contributed by atoms with Gasteiger partial charge in [0.2, 0.25) is 0 Å². The number of aliphatic hydroxyl groups is 1. The summed E-state index contributed by atoms with van der Waals surface area (Å²) < 4.78 is 4.57. The van der Waals surface area contributed by atoms with Gasteiger partial charge in [-0.1, -0.05) is 0 Å². The van der Waals surface area contributed by atoms with Crippen LogP contribution < -0.4 is 56.5 Å². The van der Waals surface area contributed by atoms with Crippen LogP contribution in [0.1, 0.15) is 0 Å². The van der Waals surface area contributed by atoms with Crippen molar-refractivity contribution in [3.8, 4) is 0 Å². The zero-order valence-corrected chi connectivity index (χ0v) is 8.22. The summed E-state index contributed by atoms with van der Waals surface area (Å²) in [4.78, 5) is 0. The summed E-state index contributed by atoms with van der Waals surface area (Å²) in [5.41, 5.74) is 0. The van der Waals surface area contributed by atoms with Gasteiger partial charge in [-0.2, -0.15) is 0 Å². The Balaban J connectivity index is 0. The van der Waals surface area contributed by atoms with Crippen molar-refractivity contribution in [3.63, 3.8) is 0 Å². The van der Waals surface area contributed by atoms with Crippen LogP contribution >= 0.6 is 0 Å². The maximum atomic E-state index is 9.60. The molecule has 1 N–H and O–H groups in total. The second-order valence-electron chi connectivity index (χ2n) is 1.04. The number of hydrogen-bond acceptors (Lipinski definition) is 3. The van der Waals surface area contributed by atoms with E-state index in [1.54, 1.807) is 0 Å². The molecule has 0 unspecified atom stereocenters. The van der Waals surface area contributed by atoms with E-state index in [1.807, 2.05) is 0 Å². The summed E-state index contributed by atoms with van der Waals surface area (Å²) in [6.45, 7) is 0.267. The molecule has 0 heterocycles. The van der Waals surface area contributed by atoms with Gasteiger partial charge in [0.15, 0.2) is 0 Å². The molecule has 0 rings (SSSR count). The smallest absolute Gasteiger partial charge is 0.853 e. The first kappa shape index (κ1) is 12.2. The van der Waals surface area contributed by atoms with Crippen LogP contribution in [0.3, 0.4) is 0 Å². The summed E-state index contributed by atoms with van der Waals surface area (Å²) in [5, 5.41) is 17.7. The molecule has 0 radical (unpaired) electrons. The van der Waals surface area contributed by atoms with Crippen molar-refractivity contribution in [3.05, 3.63) is 0 Å². The van der Waals surface area contributed by atoms with Crippen LogP contribution in [-0.2, 0) is 4.74 Å². The van der Waals surface area contributed by atoms with Gasteiger partial charge < -0.3 is 14.9 Å². The minimum atomic E-state index is -0.222. The average molecular weight is 144 g/mol. The van der Waals surface area contributed by atoms with Crippen LogP contribution in [-0.4, -0.2) is 31.5 Å². The maximum absolute atomic E-state index is 9.60. The molecule has 0 spiro atoms. The molecular weight excluding hydrogens is 135 g/mol. The van der Waals surface area contributed by atoms with Gasteiger partial charge in [0, 0.05) is 6.61 Å². The molecule has 0 aliphatic rings. The number of rotatable bonds is 4. The van der Waals surface area contributed by atoms with E-state index in [0.717, 1.165) is 0 Å². The summed E-state index contributed by atoms with van der Waals surface area (Å²) in [7, 11) is 0. The molecule has 44 valence electrons. The van der Waals surface area contributed by atoms with Crippen LogP contribution in [0.25, 0.3) is 0 Å². The summed E-state index contributed by atoms with van der Waals surface area (Å²) in [6.07, 6.45) is 0. The molecule has 0 aliphatic heterocycles. The topological polar surface area (TPSA) is 52.5 Å². The Morgan fingerprint density at radius 2 is 2.00 bits per heavy atom. The molecule has 0 aromatic heterocycles. The number of aliphatic hydroxyl groups excluding tert-OH is 1. The van der Waals surface area contributed by atoms with Gasteiger partial charge in [0.1, 0.15) is 0 Å². The largest absolute Gasteiger partial charge is 1.00 e. The van der Waals surface area contributed by atoms with Gasteiger partial charge in [-0.15, -0.1) is 6.61 Å². The molecule has 3 nitrogen and oxygen atoms in total. The van der Waals surface area contributed by atoms with E-state index < -0.39 is 0 Å². The number of hydrogen-bond donors (Lipinski definition) is 1. The zero-order valence-electron chi connectivity index (χ0n) is 5.09. The van der Waals surface area contributed by atoms with Gasteiger partial charge in [-0.25, -0.2) is 0 Å². The fourth-order valence-electron chi connectivity index (χ4n) is 0.226. The molecule has 4 heteroatoms. The first-order valence-electron chi connectivity index (χ1n) is 2.18. The van der Waals surface area contributed by atoms with Crippen LogP contribution in [0, 0.1) is 0 Å². The van der Waals surface area contributed by atoms with Crippen molar-refractivity contribution in [2.45, 2.75) is 0 Å². The Morgan fingerprint density at radius 1 is 1.38 bits per heavy atom. The Morgan fingerprint density at radius 3 is 2.38 bits per heavy atom. The van der Waals surface area contributed by atoms with E-state index in [4.69, 9.17) is 5.11 Å². The van der Waals surface area contributed by atoms with E-state index in [2.05, 4.69) is 4.74 Å². The molecule has 8 heavy (non-hydrogen) atoms. The van der Waals surface area contributed by atoms with E-state index in [9.17, 15) is 5.11 Å². The Kier molecular flexibility index (Phi) is 17.3. The number of ether oxygens (including phenoxy) is 1. The van der Waals surface area contributed by atoms with Gasteiger partial charge in [0.25, 0.3) is 0 Å². The minimum absolute atomic E-state index is 0. The van der Waals surface area contributed by atoms with Crippen molar-refractivity contribution in [1.29, 1.82) is 0 Å². The molecule has 0 aromatic rings. The van der Waals surface area contributed by atoms with E-state index in [0.29, 0.717) is 0 Å². The molecule has 0 saturated carbocycles. The van der Waals surface area contributed by atoms with Crippen molar-refractivity contribution in [1.82, 2.24) is 0 Å². The molecular formula is C4H9KO3. The van der Waals surface area contributed by atoms with Crippen molar-refractivity contribution in [2.75, 3.05) is 26.4 Å². The third-order valence-corrected chi connectivity index (χ3v) is 0.463. The first-order chi connectivity index (χ1) is 3.41. The summed E-state index contributed by atoms with van der Waals surface area (Å²) in [6, 6.07) is 0. The average Bonchev–Trinajstić information content (AvgIpc) is 1.69.